The Morgan fingerprint density at radius 2 is 2.18 bits per heavy atom. The summed E-state index contributed by atoms with van der Waals surface area (Å²) in [7, 11) is 0. The van der Waals surface area contributed by atoms with Gasteiger partial charge in [0.05, 0.1) is 5.41 Å². The van der Waals surface area contributed by atoms with Gasteiger partial charge in [-0.3, -0.25) is 4.79 Å². The molecule has 1 atom stereocenters. The summed E-state index contributed by atoms with van der Waals surface area (Å²) in [6.45, 7) is 7.78. The van der Waals surface area contributed by atoms with E-state index >= 15 is 0 Å². The van der Waals surface area contributed by atoms with Gasteiger partial charge in [0.25, 0.3) is 0 Å². The van der Waals surface area contributed by atoms with Gasteiger partial charge in [0.2, 0.25) is 0 Å². The molecule has 0 aliphatic heterocycles. The number of carbonyl (C=O) groups excluding carboxylic acids is 1. The third-order valence-electron chi connectivity index (χ3n) is 3.66. The lowest BCUT2D eigenvalue weighted by molar-refractivity contribution is -0.118. The molecule has 1 fully saturated rings. The fourth-order valence-electron chi connectivity index (χ4n) is 2.53. The second-order valence-electron chi connectivity index (χ2n) is 4.96. The molecule has 1 heteroatoms. The SMILES string of the molecule is C=C/C=C1\CCC(C)(c2cccc(C)c2)C1=O. The van der Waals surface area contributed by atoms with Crippen LogP contribution in [0, 0.1) is 6.92 Å². The van der Waals surface area contributed by atoms with Gasteiger partial charge >= 0.3 is 0 Å². The van der Waals surface area contributed by atoms with Gasteiger partial charge in [-0.1, -0.05) is 48.6 Å². The highest BCUT2D eigenvalue weighted by atomic mass is 16.1. The largest absolute Gasteiger partial charge is 0.294 e. The third-order valence-corrected chi connectivity index (χ3v) is 3.66. The molecule has 0 N–H and O–H groups in total. The number of benzene rings is 1. The zero-order valence-corrected chi connectivity index (χ0v) is 10.5. The molecule has 17 heavy (non-hydrogen) atoms. The molecule has 1 aliphatic carbocycles. The van der Waals surface area contributed by atoms with Crippen molar-refractivity contribution in [3.63, 3.8) is 0 Å². The van der Waals surface area contributed by atoms with Crippen LogP contribution in [0.15, 0.2) is 48.6 Å². The number of hydrogen-bond acceptors (Lipinski definition) is 1. The number of allylic oxidation sites excluding steroid dienone is 3. The first-order valence-corrected chi connectivity index (χ1v) is 6.01. The van der Waals surface area contributed by atoms with Crippen molar-refractivity contribution in [1.29, 1.82) is 0 Å². The number of hydrogen-bond donors (Lipinski definition) is 0. The molecule has 1 aromatic rings. The highest BCUT2D eigenvalue weighted by molar-refractivity contribution is 6.05. The molecule has 1 unspecified atom stereocenters. The van der Waals surface area contributed by atoms with E-state index in [1.54, 1.807) is 6.08 Å². The molecule has 0 aromatic heterocycles. The van der Waals surface area contributed by atoms with Crippen molar-refractivity contribution < 1.29 is 4.79 Å². The van der Waals surface area contributed by atoms with Gasteiger partial charge in [-0.2, -0.15) is 0 Å². The van der Waals surface area contributed by atoms with E-state index in [1.165, 1.54) is 5.56 Å². The molecule has 0 bridgehead atoms. The number of ketones is 1. The quantitative estimate of drug-likeness (QED) is 0.702. The molecule has 1 aromatic carbocycles. The van der Waals surface area contributed by atoms with Crippen LogP contribution >= 0.6 is 0 Å². The van der Waals surface area contributed by atoms with Crippen molar-refractivity contribution in [1.82, 2.24) is 0 Å². The number of rotatable bonds is 2. The van der Waals surface area contributed by atoms with Crippen LogP contribution in [0.1, 0.15) is 30.9 Å². The van der Waals surface area contributed by atoms with E-state index in [4.69, 9.17) is 0 Å². The van der Waals surface area contributed by atoms with Crippen LogP contribution in [0.2, 0.25) is 0 Å². The maximum absolute atomic E-state index is 12.4. The Kier molecular flexibility index (Phi) is 3.01. The van der Waals surface area contributed by atoms with Crippen molar-refractivity contribution in [2.45, 2.75) is 32.1 Å². The minimum absolute atomic E-state index is 0.253. The van der Waals surface area contributed by atoms with Crippen molar-refractivity contribution in [3.8, 4) is 0 Å². The van der Waals surface area contributed by atoms with Gasteiger partial charge in [-0.25, -0.2) is 0 Å². The Morgan fingerprint density at radius 3 is 2.82 bits per heavy atom. The maximum atomic E-state index is 12.4. The van der Waals surface area contributed by atoms with Crippen LogP contribution < -0.4 is 0 Å². The molecule has 2 rings (SSSR count). The lowest BCUT2D eigenvalue weighted by Crippen LogP contribution is -2.27. The standard InChI is InChI=1S/C16H18O/c1-4-6-13-9-10-16(3,15(13)17)14-8-5-7-12(2)11-14/h4-8,11H,1,9-10H2,2-3H3/b13-6+. The fourth-order valence-corrected chi connectivity index (χ4v) is 2.53. The number of Topliss-reactive ketones (excluding diaryl/α,β-unsaturated/α-hetero) is 1. The van der Waals surface area contributed by atoms with E-state index in [9.17, 15) is 4.79 Å². The first-order chi connectivity index (χ1) is 8.08. The van der Waals surface area contributed by atoms with Crippen molar-refractivity contribution >= 4 is 5.78 Å². The Bertz CT molecular complexity index is 496. The second-order valence-corrected chi connectivity index (χ2v) is 4.96. The lowest BCUT2D eigenvalue weighted by Gasteiger charge is -2.22. The van der Waals surface area contributed by atoms with E-state index in [1.807, 2.05) is 19.1 Å². The van der Waals surface area contributed by atoms with Crippen LogP contribution in [0.3, 0.4) is 0 Å². The number of carbonyl (C=O) groups is 1. The molecule has 1 nitrogen and oxygen atoms in total. The van der Waals surface area contributed by atoms with Gasteiger partial charge in [0.1, 0.15) is 0 Å². The van der Waals surface area contributed by atoms with Gasteiger partial charge in [-0.15, -0.1) is 0 Å². The van der Waals surface area contributed by atoms with E-state index in [2.05, 4.69) is 31.7 Å². The summed E-state index contributed by atoms with van der Waals surface area (Å²) in [5, 5.41) is 0. The minimum Gasteiger partial charge on any atom is -0.294 e. The monoisotopic (exact) mass is 226 g/mol. The Hall–Kier alpha value is -1.63. The molecule has 0 spiro atoms. The lowest BCUT2D eigenvalue weighted by atomic mass is 9.79. The summed E-state index contributed by atoms with van der Waals surface area (Å²) in [4.78, 5) is 12.4. The van der Waals surface area contributed by atoms with Gasteiger partial charge in [0.15, 0.2) is 5.78 Å². The molecule has 88 valence electrons. The van der Waals surface area contributed by atoms with Crippen LogP contribution in [-0.4, -0.2) is 5.78 Å². The maximum Gasteiger partial charge on any atom is 0.169 e. The summed E-state index contributed by atoms with van der Waals surface area (Å²) in [6.07, 6.45) is 5.31. The van der Waals surface area contributed by atoms with Gasteiger partial charge < -0.3 is 0 Å². The van der Waals surface area contributed by atoms with Gasteiger partial charge in [0, 0.05) is 0 Å². The average molecular weight is 226 g/mol. The fraction of sp³-hybridized carbons (Fsp3) is 0.312. The topological polar surface area (TPSA) is 17.1 Å². The predicted molar refractivity (Wildman–Crippen MR) is 71.1 cm³/mol. The highest BCUT2D eigenvalue weighted by Gasteiger charge is 2.41. The highest BCUT2D eigenvalue weighted by Crippen LogP contribution is 2.40. The molecule has 0 saturated heterocycles. The second kappa shape index (κ2) is 4.33. The third kappa shape index (κ3) is 1.97. The molecule has 0 radical (unpaired) electrons. The van der Waals surface area contributed by atoms with E-state index in [0.717, 1.165) is 24.0 Å². The van der Waals surface area contributed by atoms with Crippen LogP contribution in [0.4, 0.5) is 0 Å². The predicted octanol–water partition coefficient (Wildman–Crippen LogP) is 3.73. The Morgan fingerprint density at radius 1 is 1.41 bits per heavy atom. The Balaban J connectivity index is 2.42. The van der Waals surface area contributed by atoms with Crippen molar-refractivity contribution in [3.05, 3.63) is 59.7 Å². The van der Waals surface area contributed by atoms with Crippen molar-refractivity contribution in [2.75, 3.05) is 0 Å². The molecule has 0 heterocycles. The molecule has 1 aliphatic rings. The normalized spacial score (nSPS) is 26.5. The summed E-state index contributed by atoms with van der Waals surface area (Å²) in [6, 6.07) is 8.27. The summed E-state index contributed by atoms with van der Waals surface area (Å²) in [5.41, 5.74) is 2.90. The summed E-state index contributed by atoms with van der Waals surface area (Å²) >= 11 is 0. The summed E-state index contributed by atoms with van der Waals surface area (Å²) in [5.74, 6) is 0.253. The van der Waals surface area contributed by atoms with Gasteiger partial charge in [-0.05, 0) is 37.8 Å². The minimum atomic E-state index is -0.346. The molecular weight excluding hydrogens is 208 g/mol. The summed E-state index contributed by atoms with van der Waals surface area (Å²) < 4.78 is 0. The van der Waals surface area contributed by atoms with Crippen LogP contribution in [0.25, 0.3) is 0 Å². The van der Waals surface area contributed by atoms with E-state index in [0.29, 0.717) is 0 Å². The molecule has 0 amide bonds. The zero-order valence-electron chi connectivity index (χ0n) is 10.5. The molecule has 1 saturated carbocycles. The zero-order chi connectivity index (χ0) is 12.5. The van der Waals surface area contributed by atoms with E-state index in [-0.39, 0.29) is 11.2 Å². The smallest absolute Gasteiger partial charge is 0.169 e. The van der Waals surface area contributed by atoms with Crippen molar-refractivity contribution in [2.24, 2.45) is 0 Å². The number of aryl methyl sites for hydroxylation is 1. The van der Waals surface area contributed by atoms with Crippen LogP contribution in [-0.2, 0) is 10.2 Å². The Labute approximate surface area is 103 Å². The first kappa shape index (κ1) is 11.8. The van der Waals surface area contributed by atoms with E-state index < -0.39 is 0 Å². The first-order valence-electron chi connectivity index (χ1n) is 6.01. The average Bonchev–Trinajstić information content (AvgIpc) is 2.59. The van der Waals surface area contributed by atoms with Crippen LogP contribution in [0.5, 0.6) is 0 Å². The molecular formula is C16H18O.